The van der Waals surface area contributed by atoms with E-state index < -0.39 is 6.10 Å². The molecule has 0 radical (unpaired) electrons. The molecule has 1 amide bonds. The number of ether oxygens (including phenoxy) is 1. The van der Waals surface area contributed by atoms with Gasteiger partial charge in [-0.15, -0.1) is 11.8 Å². The Kier molecular flexibility index (Phi) is 6.81. The molecule has 2 aromatic rings. The van der Waals surface area contributed by atoms with Crippen LogP contribution in [0.5, 0.6) is 5.75 Å². The Bertz CT molecular complexity index is 646. The van der Waals surface area contributed by atoms with Crippen LogP contribution in [0.3, 0.4) is 0 Å². The highest BCUT2D eigenvalue weighted by molar-refractivity contribution is 7.99. The Hall–Kier alpha value is -1.65. The zero-order valence-electron chi connectivity index (χ0n) is 13.2. The van der Waals surface area contributed by atoms with Gasteiger partial charge >= 0.3 is 0 Å². The summed E-state index contributed by atoms with van der Waals surface area (Å²) in [5, 5.41) is 3.38. The van der Waals surface area contributed by atoms with Gasteiger partial charge in [0.2, 0.25) is 0 Å². The molecule has 0 aliphatic rings. The number of thioether (sulfide) groups is 1. The third kappa shape index (κ3) is 5.81. The van der Waals surface area contributed by atoms with E-state index in [1.807, 2.05) is 12.1 Å². The summed E-state index contributed by atoms with van der Waals surface area (Å²) in [6.45, 7) is 4.37. The molecule has 122 valence electrons. The number of aryl methyl sites for hydroxylation is 1. The van der Waals surface area contributed by atoms with Crippen molar-refractivity contribution in [3.8, 4) is 5.75 Å². The summed E-state index contributed by atoms with van der Waals surface area (Å²) in [6, 6.07) is 15.5. The molecule has 0 aliphatic carbocycles. The topological polar surface area (TPSA) is 38.3 Å². The van der Waals surface area contributed by atoms with Crippen LogP contribution in [0.1, 0.15) is 12.5 Å². The average Bonchev–Trinajstić information content (AvgIpc) is 2.55. The van der Waals surface area contributed by atoms with E-state index in [1.54, 1.807) is 30.8 Å². The molecule has 1 atom stereocenters. The van der Waals surface area contributed by atoms with Gasteiger partial charge in [-0.3, -0.25) is 4.79 Å². The van der Waals surface area contributed by atoms with Gasteiger partial charge in [0.25, 0.3) is 5.91 Å². The molecular formula is C18H20ClNO2S. The van der Waals surface area contributed by atoms with E-state index in [0.29, 0.717) is 17.3 Å². The highest BCUT2D eigenvalue weighted by Crippen LogP contribution is 2.24. The standard InChI is InChI=1S/C18H20ClNO2S/c1-13-7-9-15(10-8-13)23-12-11-20-18(21)14(2)22-17-6-4-3-5-16(17)19/h3-10,14H,11-12H2,1-2H3,(H,20,21)/t14-/m0/s1. The molecule has 0 aromatic heterocycles. The van der Waals surface area contributed by atoms with Crippen LogP contribution in [0.15, 0.2) is 53.4 Å². The third-order valence-corrected chi connectivity index (χ3v) is 4.53. The van der Waals surface area contributed by atoms with Crippen molar-refractivity contribution in [2.24, 2.45) is 0 Å². The second kappa shape index (κ2) is 8.85. The minimum atomic E-state index is -0.584. The maximum atomic E-state index is 12.0. The van der Waals surface area contributed by atoms with Gasteiger partial charge in [-0.05, 0) is 38.1 Å². The van der Waals surface area contributed by atoms with Crippen LogP contribution < -0.4 is 10.1 Å². The first-order chi connectivity index (χ1) is 11.1. The fraction of sp³-hybridized carbons (Fsp3) is 0.278. The quantitative estimate of drug-likeness (QED) is 0.597. The van der Waals surface area contributed by atoms with Gasteiger partial charge in [0.1, 0.15) is 5.75 Å². The molecule has 23 heavy (non-hydrogen) atoms. The maximum Gasteiger partial charge on any atom is 0.260 e. The number of amides is 1. The molecule has 0 aliphatic heterocycles. The van der Waals surface area contributed by atoms with E-state index in [-0.39, 0.29) is 5.91 Å². The van der Waals surface area contributed by atoms with Crippen LogP contribution in [0.2, 0.25) is 5.02 Å². The lowest BCUT2D eigenvalue weighted by atomic mass is 10.2. The Morgan fingerprint density at radius 1 is 1.22 bits per heavy atom. The number of halogens is 1. The fourth-order valence-electron chi connectivity index (χ4n) is 1.91. The Balaban J connectivity index is 1.72. The van der Waals surface area contributed by atoms with Crippen molar-refractivity contribution >= 4 is 29.3 Å². The zero-order chi connectivity index (χ0) is 16.7. The predicted octanol–water partition coefficient (Wildman–Crippen LogP) is 4.32. The number of carbonyl (C=O) groups excluding carboxylic acids is 1. The average molecular weight is 350 g/mol. The van der Waals surface area contributed by atoms with Crippen molar-refractivity contribution in [1.82, 2.24) is 5.32 Å². The second-order valence-electron chi connectivity index (χ2n) is 5.14. The van der Waals surface area contributed by atoms with Crippen molar-refractivity contribution in [3.05, 3.63) is 59.1 Å². The molecular weight excluding hydrogens is 330 g/mol. The SMILES string of the molecule is Cc1ccc(SCCNC(=O)[C@H](C)Oc2ccccc2Cl)cc1. The first-order valence-electron chi connectivity index (χ1n) is 7.44. The second-order valence-corrected chi connectivity index (χ2v) is 6.72. The fourth-order valence-corrected chi connectivity index (χ4v) is 2.85. The molecule has 0 fully saturated rings. The molecule has 0 saturated carbocycles. The first kappa shape index (κ1) is 17.7. The first-order valence-corrected chi connectivity index (χ1v) is 8.81. The van der Waals surface area contributed by atoms with Crippen LogP contribution in [-0.4, -0.2) is 24.3 Å². The lowest BCUT2D eigenvalue weighted by Crippen LogP contribution is -2.37. The minimum Gasteiger partial charge on any atom is -0.479 e. The molecule has 1 N–H and O–H groups in total. The molecule has 0 saturated heterocycles. The molecule has 0 heterocycles. The van der Waals surface area contributed by atoms with E-state index in [9.17, 15) is 4.79 Å². The van der Waals surface area contributed by atoms with Crippen molar-refractivity contribution in [3.63, 3.8) is 0 Å². The summed E-state index contributed by atoms with van der Waals surface area (Å²) in [7, 11) is 0. The van der Waals surface area contributed by atoms with Gasteiger partial charge in [0.05, 0.1) is 5.02 Å². The molecule has 0 bridgehead atoms. The number of nitrogens with one attached hydrogen (secondary N) is 1. The van der Waals surface area contributed by atoms with E-state index in [1.165, 1.54) is 10.5 Å². The summed E-state index contributed by atoms with van der Waals surface area (Å²) in [4.78, 5) is 13.2. The van der Waals surface area contributed by atoms with Gasteiger partial charge in [-0.1, -0.05) is 41.4 Å². The van der Waals surface area contributed by atoms with Crippen LogP contribution in [0, 0.1) is 6.92 Å². The third-order valence-electron chi connectivity index (χ3n) is 3.20. The van der Waals surface area contributed by atoms with E-state index in [2.05, 4.69) is 36.5 Å². The van der Waals surface area contributed by atoms with Crippen molar-refractivity contribution in [1.29, 1.82) is 0 Å². The zero-order valence-corrected chi connectivity index (χ0v) is 14.8. The summed E-state index contributed by atoms with van der Waals surface area (Å²) < 4.78 is 5.58. The molecule has 2 rings (SSSR count). The highest BCUT2D eigenvalue weighted by Gasteiger charge is 2.15. The molecule has 0 unspecified atom stereocenters. The van der Waals surface area contributed by atoms with E-state index in [4.69, 9.17) is 16.3 Å². The van der Waals surface area contributed by atoms with Crippen molar-refractivity contribution in [2.75, 3.05) is 12.3 Å². The van der Waals surface area contributed by atoms with Gasteiger partial charge < -0.3 is 10.1 Å². The van der Waals surface area contributed by atoms with Gasteiger partial charge in [0, 0.05) is 17.2 Å². The van der Waals surface area contributed by atoms with Crippen LogP contribution in [0.4, 0.5) is 0 Å². The normalized spacial score (nSPS) is 11.8. The molecule has 3 nitrogen and oxygen atoms in total. The summed E-state index contributed by atoms with van der Waals surface area (Å²) in [5.74, 6) is 1.19. The van der Waals surface area contributed by atoms with Crippen LogP contribution >= 0.6 is 23.4 Å². The van der Waals surface area contributed by atoms with Gasteiger partial charge in [-0.25, -0.2) is 0 Å². The smallest absolute Gasteiger partial charge is 0.260 e. The highest BCUT2D eigenvalue weighted by atomic mass is 35.5. The molecule has 0 spiro atoms. The van der Waals surface area contributed by atoms with Crippen LogP contribution in [-0.2, 0) is 4.79 Å². The summed E-state index contributed by atoms with van der Waals surface area (Å²) in [5.41, 5.74) is 1.24. The Morgan fingerprint density at radius 3 is 2.61 bits per heavy atom. The monoisotopic (exact) mass is 349 g/mol. The Morgan fingerprint density at radius 2 is 1.91 bits per heavy atom. The number of para-hydroxylation sites is 1. The minimum absolute atomic E-state index is 0.144. The van der Waals surface area contributed by atoms with Gasteiger partial charge in [-0.2, -0.15) is 0 Å². The summed E-state index contributed by atoms with van der Waals surface area (Å²) >= 11 is 7.73. The van der Waals surface area contributed by atoms with Crippen LogP contribution in [0.25, 0.3) is 0 Å². The lowest BCUT2D eigenvalue weighted by molar-refractivity contribution is -0.127. The number of hydrogen-bond donors (Lipinski definition) is 1. The van der Waals surface area contributed by atoms with E-state index >= 15 is 0 Å². The lowest BCUT2D eigenvalue weighted by Gasteiger charge is -2.15. The van der Waals surface area contributed by atoms with Crippen molar-refractivity contribution in [2.45, 2.75) is 24.8 Å². The number of rotatable bonds is 7. The summed E-state index contributed by atoms with van der Waals surface area (Å²) in [6.07, 6.45) is -0.584. The van der Waals surface area contributed by atoms with Gasteiger partial charge in [0.15, 0.2) is 6.10 Å². The number of carbonyl (C=O) groups is 1. The Labute approximate surface area is 146 Å². The maximum absolute atomic E-state index is 12.0. The van der Waals surface area contributed by atoms with E-state index in [0.717, 1.165) is 5.75 Å². The predicted molar refractivity (Wildman–Crippen MR) is 96.5 cm³/mol. The number of hydrogen-bond acceptors (Lipinski definition) is 3. The molecule has 5 heteroatoms. The van der Waals surface area contributed by atoms with Crippen molar-refractivity contribution < 1.29 is 9.53 Å². The number of benzene rings is 2. The largest absolute Gasteiger partial charge is 0.479 e. The molecule has 2 aromatic carbocycles.